The minimum atomic E-state index is -1.11. The molecule has 0 amide bonds. The van der Waals surface area contributed by atoms with Crippen LogP contribution in [0, 0.1) is 28.5 Å². The van der Waals surface area contributed by atoms with E-state index >= 15 is 0 Å². The molecule has 1 fully saturated rings. The molecule has 112 valence electrons. The highest BCUT2D eigenvalue weighted by molar-refractivity contribution is 5.41. The molecule has 1 aromatic carbocycles. The van der Waals surface area contributed by atoms with Crippen molar-refractivity contribution in [1.29, 1.82) is 5.26 Å². The Morgan fingerprint density at radius 1 is 1.33 bits per heavy atom. The summed E-state index contributed by atoms with van der Waals surface area (Å²) in [6, 6.07) is 7.05. The first kappa shape index (κ1) is 14.5. The smallest absolute Gasteiger partial charge is 0.123 e. The Kier molecular flexibility index (Phi) is 3.53. The molecule has 0 heterocycles. The van der Waals surface area contributed by atoms with E-state index < -0.39 is 11.0 Å². The highest BCUT2D eigenvalue weighted by atomic mass is 19.1. The number of nitriles is 1. The molecule has 2 aliphatic rings. The zero-order valence-electron chi connectivity index (χ0n) is 12.5. The summed E-state index contributed by atoms with van der Waals surface area (Å²) < 4.78 is 13.4. The van der Waals surface area contributed by atoms with Gasteiger partial charge in [0.25, 0.3) is 0 Å². The maximum absolute atomic E-state index is 13.4. The molecule has 1 unspecified atom stereocenters. The molecule has 0 aliphatic heterocycles. The number of fused-ring (bicyclic) bond motifs is 1. The molecule has 2 nitrogen and oxygen atoms in total. The molecule has 3 heteroatoms. The van der Waals surface area contributed by atoms with Crippen LogP contribution < -0.4 is 0 Å². The van der Waals surface area contributed by atoms with Crippen molar-refractivity contribution in [3.05, 3.63) is 35.1 Å². The largest absolute Gasteiger partial charge is 0.383 e. The lowest BCUT2D eigenvalue weighted by Gasteiger charge is -2.45. The van der Waals surface area contributed by atoms with E-state index in [1.165, 1.54) is 12.1 Å². The van der Waals surface area contributed by atoms with Crippen molar-refractivity contribution in [2.24, 2.45) is 11.3 Å². The van der Waals surface area contributed by atoms with Crippen molar-refractivity contribution < 1.29 is 9.50 Å². The second-order valence-electron chi connectivity index (χ2n) is 6.71. The lowest BCUT2D eigenvalue weighted by molar-refractivity contribution is -0.0832. The van der Waals surface area contributed by atoms with Gasteiger partial charge in [-0.25, -0.2) is 4.39 Å². The number of aryl methyl sites for hydroxylation is 1. The van der Waals surface area contributed by atoms with Crippen molar-refractivity contribution in [1.82, 2.24) is 0 Å². The van der Waals surface area contributed by atoms with Crippen LogP contribution in [0.4, 0.5) is 4.39 Å². The molecular formula is C18H22FNO. The molecule has 21 heavy (non-hydrogen) atoms. The third kappa shape index (κ3) is 2.08. The summed E-state index contributed by atoms with van der Waals surface area (Å²) in [6.07, 6.45) is 5.83. The van der Waals surface area contributed by atoms with E-state index in [0.717, 1.165) is 43.2 Å². The molecule has 1 N–H and O–H groups in total. The predicted octanol–water partition coefficient (Wildman–Crippen LogP) is 4.07. The van der Waals surface area contributed by atoms with Crippen LogP contribution >= 0.6 is 0 Å². The summed E-state index contributed by atoms with van der Waals surface area (Å²) in [4.78, 5) is 0. The van der Waals surface area contributed by atoms with Gasteiger partial charge in [-0.05, 0) is 67.7 Å². The maximum Gasteiger partial charge on any atom is 0.123 e. The Morgan fingerprint density at radius 3 is 2.67 bits per heavy atom. The fourth-order valence-corrected chi connectivity index (χ4v) is 4.32. The van der Waals surface area contributed by atoms with Gasteiger partial charge >= 0.3 is 0 Å². The number of hydrogen-bond acceptors (Lipinski definition) is 2. The van der Waals surface area contributed by atoms with Crippen LogP contribution in [-0.4, -0.2) is 5.11 Å². The first-order valence-corrected chi connectivity index (χ1v) is 7.97. The van der Waals surface area contributed by atoms with Crippen LogP contribution in [0.2, 0.25) is 0 Å². The van der Waals surface area contributed by atoms with Crippen molar-refractivity contribution in [3.63, 3.8) is 0 Å². The predicted molar refractivity (Wildman–Crippen MR) is 78.9 cm³/mol. The van der Waals surface area contributed by atoms with Crippen molar-refractivity contribution in [2.75, 3.05) is 0 Å². The summed E-state index contributed by atoms with van der Waals surface area (Å²) >= 11 is 0. The zero-order chi connectivity index (χ0) is 15.1. The summed E-state index contributed by atoms with van der Waals surface area (Å²) in [7, 11) is 0. The van der Waals surface area contributed by atoms with Crippen LogP contribution in [0.1, 0.15) is 56.6 Å². The van der Waals surface area contributed by atoms with E-state index in [1.54, 1.807) is 6.07 Å². The molecule has 0 radical (unpaired) electrons. The first-order valence-electron chi connectivity index (χ1n) is 7.97. The SMILES string of the molecule is CCC1CCC(C#N)(C2(O)CCc3cc(F)ccc32)CC1. The average molecular weight is 287 g/mol. The van der Waals surface area contributed by atoms with Gasteiger partial charge < -0.3 is 5.11 Å². The van der Waals surface area contributed by atoms with Gasteiger partial charge in [0.1, 0.15) is 11.4 Å². The number of aliphatic hydroxyl groups is 1. The second-order valence-corrected chi connectivity index (χ2v) is 6.71. The molecule has 1 saturated carbocycles. The van der Waals surface area contributed by atoms with E-state index in [4.69, 9.17) is 0 Å². The first-order chi connectivity index (χ1) is 10.0. The van der Waals surface area contributed by atoms with Gasteiger partial charge in [-0.15, -0.1) is 0 Å². The minimum absolute atomic E-state index is 0.265. The molecule has 1 aromatic rings. The van der Waals surface area contributed by atoms with Crippen molar-refractivity contribution >= 4 is 0 Å². The lowest BCUT2D eigenvalue weighted by atomic mass is 9.60. The van der Waals surface area contributed by atoms with Crippen LogP contribution in [0.3, 0.4) is 0 Å². The Morgan fingerprint density at radius 2 is 2.05 bits per heavy atom. The van der Waals surface area contributed by atoms with E-state index in [9.17, 15) is 14.8 Å². The van der Waals surface area contributed by atoms with E-state index in [1.807, 2.05) is 0 Å². The molecule has 1 atom stereocenters. The Hall–Kier alpha value is -1.40. The molecule has 0 spiro atoms. The van der Waals surface area contributed by atoms with Gasteiger partial charge in [-0.2, -0.15) is 5.26 Å². The molecule has 0 aromatic heterocycles. The summed E-state index contributed by atoms with van der Waals surface area (Å²) in [6.45, 7) is 2.19. The Balaban J connectivity index is 1.98. The third-order valence-electron chi connectivity index (χ3n) is 5.81. The molecule has 2 aliphatic carbocycles. The van der Waals surface area contributed by atoms with Gasteiger partial charge in [0.05, 0.1) is 11.5 Å². The van der Waals surface area contributed by atoms with Crippen LogP contribution in [0.25, 0.3) is 0 Å². The fourth-order valence-electron chi connectivity index (χ4n) is 4.32. The number of hydrogen-bond donors (Lipinski definition) is 1. The second kappa shape index (κ2) is 5.10. The fraction of sp³-hybridized carbons (Fsp3) is 0.611. The van der Waals surface area contributed by atoms with E-state index in [-0.39, 0.29) is 5.82 Å². The van der Waals surface area contributed by atoms with E-state index in [0.29, 0.717) is 18.8 Å². The zero-order valence-corrected chi connectivity index (χ0v) is 12.5. The molecule has 3 rings (SSSR count). The number of halogens is 1. The van der Waals surface area contributed by atoms with Crippen molar-refractivity contribution in [2.45, 2.75) is 57.5 Å². The Labute approximate surface area is 125 Å². The molecule has 0 saturated heterocycles. The Bertz CT molecular complexity index is 583. The number of nitrogens with zero attached hydrogens (tertiary/aromatic N) is 1. The summed E-state index contributed by atoms with van der Waals surface area (Å²) in [5, 5.41) is 21.1. The van der Waals surface area contributed by atoms with Crippen LogP contribution in [-0.2, 0) is 12.0 Å². The molecule has 0 bridgehead atoms. The van der Waals surface area contributed by atoms with Crippen LogP contribution in [0.15, 0.2) is 18.2 Å². The average Bonchev–Trinajstić information content (AvgIpc) is 2.85. The number of rotatable bonds is 2. The van der Waals surface area contributed by atoms with Crippen LogP contribution in [0.5, 0.6) is 0 Å². The standard InChI is InChI=1S/C18H22FNO/c1-2-13-5-8-17(12-20,9-6-13)18(21)10-7-14-11-15(19)3-4-16(14)18/h3-4,11,13,21H,2,5-10H2,1H3. The van der Waals surface area contributed by atoms with Gasteiger partial charge in [0.15, 0.2) is 0 Å². The third-order valence-corrected chi connectivity index (χ3v) is 5.81. The number of benzene rings is 1. The summed E-state index contributed by atoms with van der Waals surface area (Å²) in [5.74, 6) is 0.405. The minimum Gasteiger partial charge on any atom is -0.383 e. The molecular weight excluding hydrogens is 265 g/mol. The van der Waals surface area contributed by atoms with Gasteiger partial charge in [0.2, 0.25) is 0 Å². The highest BCUT2D eigenvalue weighted by Crippen LogP contribution is 2.56. The maximum atomic E-state index is 13.4. The monoisotopic (exact) mass is 287 g/mol. The van der Waals surface area contributed by atoms with Gasteiger partial charge in [-0.1, -0.05) is 19.4 Å². The van der Waals surface area contributed by atoms with Gasteiger partial charge in [0, 0.05) is 0 Å². The quantitative estimate of drug-likeness (QED) is 0.891. The van der Waals surface area contributed by atoms with Crippen molar-refractivity contribution in [3.8, 4) is 6.07 Å². The summed E-state index contributed by atoms with van der Waals surface area (Å²) in [5.41, 5.74) is -0.171. The van der Waals surface area contributed by atoms with Gasteiger partial charge in [-0.3, -0.25) is 0 Å². The highest BCUT2D eigenvalue weighted by Gasteiger charge is 2.55. The lowest BCUT2D eigenvalue weighted by Crippen LogP contribution is -2.45. The van der Waals surface area contributed by atoms with E-state index in [2.05, 4.69) is 13.0 Å². The normalized spacial score (nSPS) is 35.2. The topological polar surface area (TPSA) is 44.0 Å².